The van der Waals surface area contributed by atoms with Crippen LogP contribution in [0.5, 0.6) is 34.5 Å². The van der Waals surface area contributed by atoms with Crippen LogP contribution in [0.4, 0.5) is 25.2 Å². The standard InChI is InChI=1S/C33H35FN8O4.C28H27FN8O2.ClH/c1-20-36-16-21(17-37-20)18-44-26-13-23(34)14-27(15-26)45-25-7-5-22(6-8-25)29-28-30(35)38-19-39-31(28)42(40-29)24-9-11-41(12-10-24)32(43)46-33(2,3)4;1-17-32-13-18(14-33-17)15-38-23-10-20(29)11-24(12-23)39-22-4-2-19(3-5-22)26-25-27(30)34-16-35-28(25)37(36-26)21-6-8-31-9-7-21;/h5-8,13-17,19,24H,9-12,18H2,1-4H3,(H2,35,38,39);2-5,10-14,16,21,31H,6-9,15H2,1H3,(H2,30,34,35);1H. The fraction of sp³-hybridized carbons (Fsp3) is 0.295. The summed E-state index contributed by atoms with van der Waals surface area (Å²) in [5.41, 5.74) is 17.9. The normalized spacial score (nSPS) is 13.8. The van der Waals surface area contributed by atoms with E-state index >= 15 is 0 Å². The number of fused-ring (bicyclic) bond motifs is 2. The van der Waals surface area contributed by atoms with Crippen molar-refractivity contribution in [2.45, 2.75) is 91.2 Å². The third kappa shape index (κ3) is 14.3. The summed E-state index contributed by atoms with van der Waals surface area (Å²) in [7, 11) is 0. The summed E-state index contributed by atoms with van der Waals surface area (Å²) in [5.74, 6) is 3.37. The van der Waals surface area contributed by atoms with Crippen molar-refractivity contribution in [1.29, 1.82) is 0 Å². The van der Waals surface area contributed by atoms with Crippen LogP contribution in [0.25, 0.3) is 44.6 Å². The van der Waals surface area contributed by atoms with Crippen LogP contribution < -0.4 is 35.7 Å². The molecule has 0 spiro atoms. The maximum atomic E-state index is 14.4. The Kier molecular flexibility index (Phi) is 18.0. The van der Waals surface area contributed by atoms with E-state index in [1.165, 1.54) is 36.9 Å². The van der Waals surface area contributed by atoms with E-state index in [0.717, 1.165) is 64.9 Å². The number of benzene rings is 4. The molecule has 5 N–H and O–H groups in total. The SMILES string of the molecule is Cc1ncc(COc2cc(F)cc(Oc3ccc(-c4nn(C5CCN(C(=O)OC(C)(C)C)CC5)c5ncnc(N)c45)cc3)c2)cn1.Cc1ncc(COc2cc(F)cc(Oc3ccc(-c4nn(C5CCNCC5)c5ncnc(N)c45)cc3)c2)cn1.Cl. The van der Waals surface area contributed by atoms with Crippen molar-refractivity contribution in [3.63, 3.8) is 0 Å². The zero-order chi connectivity index (χ0) is 59.2. The summed E-state index contributed by atoms with van der Waals surface area (Å²) >= 11 is 0. The van der Waals surface area contributed by atoms with Crippen LogP contribution in [0.15, 0.2) is 122 Å². The topological polar surface area (TPSA) is 269 Å². The van der Waals surface area contributed by atoms with Gasteiger partial charge in [0.15, 0.2) is 11.3 Å². The summed E-state index contributed by atoms with van der Waals surface area (Å²) in [6.07, 6.45) is 12.6. The average molecular weight is 1190 g/mol. The maximum Gasteiger partial charge on any atom is 0.410 e. The zero-order valence-electron chi connectivity index (χ0n) is 47.9. The average Bonchev–Trinajstić information content (AvgIpc) is 3.50. The molecule has 2 saturated heterocycles. The Morgan fingerprint density at radius 3 is 1.40 bits per heavy atom. The lowest BCUT2D eigenvalue weighted by atomic mass is 10.1. The number of hydrogen-bond donors (Lipinski definition) is 3. The van der Waals surface area contributed by atoms with Gasteiger partial charge in [-0.2, -0.15) is 10.2 Å². The molecule has 1 amide bonds. The van der Waals surface area contributed by atoms with Crippen molar-refractivity contribution in [1.82, 2.24) is 69.6 Å². The monoisotopic (exact) mass is 1190 g/mol. The number of nitrogens with zero attached hydrogens (tertiary/aromatic N) is 13. The van der Waals surface area contributed by atoms with E-state index < -0.39 is 17.2 Å². The molecule has 0 bridgehead atoms. The van der Waals surface area contributed by atoms with Gasteiger partial charge in [-0.15, -0.1) is 12.4 Å². The lowest BCUT2D eigenvalue weighted by Gasteiger charge is -2.33. The third-order valence-electron chi connectivity index (χ3n) is 14.0. The summed E-state index contributed by atoms with van der Waals surface area (Å²) in [5, 5.41) is 14.6. The molecule has 4 aromatic carbocycles. The minimum atomic E-state index is -0.553. The predicted molar refractivity (Wildman–Crippen MR) is 320 cm³/mol. The zero-order valence-corrected chi connectivity index (χ0v) is 48.7. The second-order valence-corrected chi connectivity index (χ2v) is 21.5. The van der Waals surface area contributed by atoms with Gasteiger partial charge in [0.2, 0.25) is 0 Å². The summed E-state index contributed by atoms with van der Waals surface area (Å²) < 4.78 is 61.5. The predicted octanol–water partition coefficient (Wildman–Crippen LogP) is 11.3. The molecule has 2 aliphatic rings. The lowest BCUT2D eigenvalue weighted by molar-refractivity contribution is 0.0186. The van der Waals surface area contributed by atoms with Gasteiger partial charge in [0.1, 0.15) is 112 Å². The summed E-state index contributed by atoms with van der Waals surface area (Å²) in [6, 6.07) is 23.3. The molecule has 2 fully saturated rings. The van der Waals surface area contributed by atoms with E-state index in [1.54, 1.807) is 79.9 Å². The second-order valence-electron chi connectivity index (χ2n) is 21.5. The Hall–Kier alpha value is -9.68. The van der Waals surface area contributed by atoms with Gasteiger partial charge in [0.05, 0.1) is 22.9 Å². The number of nitrogens with one attached hydrogen (secondary N) is 1. The van der Waals surface area contributed by atoms with Gasteiger partial charge in [-0.3, -0.25) is 0 Å². The van der Waals surface area contributed by atoms with Gasteiger partial charge >= 0.3 is 6.09 Å². The van der Waals surface area contributed by atoms with Crippen LogP contribution >= 0.6 is 12.4 Å². The molecular formula is C61H63ClF2N16O6. The molecule has 0 unspecified atom stereocenters. The highest BCUT2D eigenvalue weighted by Crippen LogP contribution is 2.38. The molecule has 10 aromatic rings. The minimum Gasteiger partial charge on any atom is -0.489 e. The van der Waals surface area contributed by atoms with E-state index in [2.05, 4.69) is 45.2 Å². The molecule has 6 aromatic heterocycles. The smallest absolute Gasteiger partial charge is 0.410 e. The third-order valence-corrected chi connectivity index (χ3v) is 14.0. The summed E-state index contributed by atoms with van der Waals surface area (Å²) in [4.78, 5) is 48.3. The highest BCUT2D eigenvalue weighted by molar-refractivity contribution is 5.99. The molecule has 0 radical (unpaired) electrons. The van der Waals surface area contributed by atoms with Gasteiger partial charge < -0.3 is 45.4 Å². The first-order valence-corrected chi connectivity index (χ1v) is 27.7. The number of halogens is 3. The molecular weight excluding hydrogens is 1130 g/mol. The van der Waals surface area contributed by atoms with E-state index in [9.17, 15) is 13.6 Å². The van der Waals surface area contributed by atoms with Crippen molar-refractivity contribution < 1.29 is 37.3 Å². The molecule has 0 aliphatic carbocycles. The molecule has 22 nitrogen and oxygen atoms in total. The van der Waals surface area contributed by atoms with Gasteiger partial charge in [-0.25, -0.2) is 62.8 Å². The molecule has 86 heavy (non-hydrogen) atoms. The van der Waals surface area contributed by atoms with E-state index in [1.807, 2.05) is 54.4 Å². The number of anilines is 2. The first-order valence-electron chi connectivity index (χ1n) is 27.7. The molecule has 2 aliphatic heterocycles. The van der Waals surface area contributed by atoms with Crippen LogP contribution in [0.1, 0.15) is 81.3 Å². The first-order chi connectivity index (χ1) is 41.0. The highest BCUT2D eigenvalue weighted by Gasteiger charge is 2.31. The van der Waals surface area contributed by atoms with Gasteiger partial charge in [-0.1, -0.05) is 0 Å². The van der Waals surface area contributed by atoms with Gasteiger partial charge in [0, 0.05) is 96.5 Å². The molecule has 444 valence electrons. The van der Waals surface area contributed by atoms with E-state index in [0.29, 0.717) is 94.7 Å². The second kappa shape index (κ2) is 26.1. The number of likely N-dealkylation sites (tertiary alicyclic amines) is 1. The summed E-state index contributed by atoms with van der Waals surface area (Å²) in [6.45, 7) is 12.5. The minimum absolute atomic E-state index is 0. The fourth-order valence-electron chi connectivity index (χ4n) is 9.89. The molecule has 25 heteroatoms. The number of aromatic nitrogens is 12. The Balaban J connectivity index is 0.000000191. The number of ether oxygens (including phenoxy) is 5. The van der Waals surface area contributed by atoms with Crippen LogP contribution in [0, 0.1) is 25.5 Å². The lowest BCUT2D eigenvalue weighted by Crippen LogP contribution is -2.42. The highest BCUT2D eigenvalue weighted by atomic mass is 35.5. The van der Waals surface area contributed by atoms with Crippen molar-refractivity contribution in [2.75, 3.05) is 37.6 Å². The Bertz CT molecular complexity index is 3970. The Morgan fingerprint density at radius 1 is 0.570 bits per heavy atom. The van der Waals surface area contributed by atoms with Crippen molar-refractivity contribution in [3.8, 4) is 57.0 Å². The number of piperidine rings is 2. The van der Waals surface area contributed by atoms with Crippen molar-refractivity contribution in [3.05, 3.63) is 157 Å². The molecule has 12 rings (SSSR count). The maximum absolute atomic E-state index is 14.4. The number of hydrogen-bond acceptors (Lipinski definition) is 19. The number of nitrogens with two attached hydrogens (primary N) is 2. The van der Waals surface area contributed by atoms with Gasteiger partial charge in [-0.05, 0) is 122 Å². The van der Waals surface area contributed by atoms with Crippen LogP contribution in [0.3, 0.4) is 0 Å². The molecule has 0 saturated carbocycles. The largest absolute Gasteiger partial charge is 0.489 e. The van der Waals surface area contributed by atoms with Crippen LogP contribution in [-0.2, 0) is 18.0 Å². The van der Waals surface area contributed by atoms with Crippen molar-refractivity contribution in [2.24, 2.45) is 0 Å². The van der Waals surface area contributed by atoms with Crippen LogP contribution in [-0.4, -0.2) is 102 Å². The van der Waals surface area contributed by atoms with Crippen LogP contribution in [0.2, 0.25) is 0 Å². The number of carbonyl (C=O) groups is 1. The quantitative estimate of drug-likeness (QED) is 0.0913. The number of aryl methyl sites for hydroxylation is 2. The van der Waals surface area contributed by atoms with Crippen molar-refractivity contribution >= 4 is 52.2 Å². The van der Waals surface area contributed by atoms with E-state index in [4.69, 9.17) is 45.3 Å². The number of rotatable bonds is 14. The Labute approximate surface area is 499 Å². The van der Waals surface area contributed by atoms with E-state index in [-0.39, 0.29) is 49.5 Å². The number of nitrogen functional groups attached to an aromatic ring is 2. The number of amides is 1. The Morgan fingerprint density at radius 2 is 0.977 bits per heavy atom. The fourth-order valence-corrected chi connectivity index (χ4v) is 9.89. The number of carbonyl (C=O) groups excluding carboxylic acids is 1. The molecule has 0 atom stereocenters. The van der Waals surface area contributed by atoms with Gasteiger partial charge in [0.25, 0.3) is 0 Å². The first kappa shape index (κ1) is 59.5. The molecule has 8 heterocycles.